The SMILES string of the molecule is O=c1nc(N2CCCc3ccccc32)sc2ncccc12. The fourth-order valence-corrected chi connectivity index (χ4v) is 3.72. The first-order valence-corrected chi connectivity index (χ1v) is 7.76. The summed E-state index contributed by atoms with van der Waals surface area (Å²) >= 11 is 1.47. The van der Waals surface area contributed by atoms with Crippen LogP contribution in [0.4, 0.5) is 10.8 Å². The van der Waals surface area contributed by atoms with E-state index in [1.54, 1.807) is 18.3 Å². The van der Waals surface area contributed by atoms with E-state index in [2.05, 4.69) is 33.1 Å². The molecule has 4 rings (SSSR count). The normalized spacial score (nSPS) is 14.2. The number of para-hydroxylation sites is 1. The Balaban J connectivity index is 1.90. The fraction of sp³-hybridized carbons (Fsp3) is 0.188. The van der Waals surface area contributed by atoms with E-state index in [0.717, 1.165) is 35.0 Å². The van der Waals surface area contributed by atoms with Crippen molar-refractivity contribution in [3.05, 3.63) is 58.5 Å². The molecule has 3 heterocycles. The zero-order valence-electron chi connectivity index (χ0n) is 11.3. The average molecular weight is 295 g/mol. The van der Waals surface area contributed by atoms with Crippen LogP contribution in [0.2, 0.25) is 0 Å². The predicted molar refractivity (Wildman–Crippen MR) is 85.5 cm³/mol. The Kier molecular flexibility index (Phi) is 2.93. The minimum atomic E-state index is -0.199. The molecule has 1 aliphatic rings. The lowest BCUT2D eigenvalue weighted by molar-refractivity contribution is 0.764. The van der Waals surface area contributed by atoms with Crippen LogP contribution in [0.1, 0.15) is 12.0 Å². The van der Waals surface area contributed by atoms with E-state index in [0.29, 0.717) is 5.39 Å². The Morgan fingerprint density at radius 1 is 1.14 bits per heavy atom. The summed E-state index contributed by atoms with van der Waals surface area (Å²) in [5.74, 6) is 0. The van der Waals surface area contributed by atoms with Crippen LogP contribution in [0.3, 0.4) is 0 Å². The van der Waals surface area contributed by atoms with E-state index in [1.165, 1.54) is 16.9 Å². The van der Waals surface area contributed by atoms with Crippen LogP contribution in [0.5, 0.6) is 0 Å². The lowest BCUT2D eigenvalue weighted by Crippen LogP contribution is -2.26. The molecule has 0 amide bonds. The molecular weight excluding hydrogens is 282 g/mol. The largest absolute Gasteiger partial charge is 0.317 e. The fourth-order valence-electron chi connectivity index (χ4n) is 2.74. The molecule has 0 radical (unpaired) electrons. The number of aromatic nitrogens is 2. The molecule has 5 heteroatoms. The van der Waals surface area contributed by atoms with Crippen LogP contribution < -0.4 is 10.5 Å². The zero-order valence-corrected chi connectivity index (χ0v) is 12.1. The van der Waals surface area contributed by atoms with Gasteiger partial charge < -0.3 is 4.90 Å². The molecular formula is C16H13N3OS. The third-order valence-corrected chi connectivity index (χ3v) is 4.74. The van der Waals surface area contributed by atoms with Gasteiger partial charge in [-0.05, 0) is 36.6 Å². The van der Waals surface area contributed by atoms with Gasteiger partial charge in [0.25, 0.3) is 5.56 Å². The second-order valence-corrected chi connectivity index (χ2v) is 6.00. The minimum Gasteiger partial charge on any atom is -0.317 e. The highest BCUT2D eigenvalue weighted by Crippen LogP contribution is 2.34. The molecule has 0 atom stereocenters. The highest BCUT2D eigenvalue weighted by Gasteiger charge is 2.20. The van der Waals surface area contributed by atoms with Crippen LogP contribution in [-0.4, -0.2) is 16.5 Å². The number of aryl methyl sites for hydroxylation is 1. The van der Waals surface area contributed by atoms with Crippen LogP contribution >= 0.6 is 11.3 Å². The Labute approximate surface area is 125 Å². The maximum Gasteiger partial charge on any atom is 0.282 e. The van der Waals surface area contributed by atoms with Crippen molar-refractivity contribution in [1.29, 1.82) is 0 Å². The molecule has 1 aliphatic heterocycles. The maximum absolute atomic E-state index is 12.2. The van der Waals surface area contributed by atoms with E-state index in [1.807, 2.05) is 6.07 Å². The summed E-state index contributed by atoms with van der Waals surface area (Å²) < 4.78 is 0. The molecule has 0 N–H and O–H groups in total. The lowest BCUT2D eigenvalue weighted by atomic mass is 10.0. The molecule has 0 unspecified atom stereocenters. The van der Waals surface area contributed by atoms with Crippen molar-refractivity contribution in [2.45, 2.75) is 12.8 Å². The number of hydrogen-bond acceptors (Lipinski definition) is 5. The first-order chi connectivity index (χ1) is 10.3. The van der Waals surface area contributed by atoms with Crippen molar-refractivity contribution in [1.82, 2.24) is 9.97 Å². The van der Waals surface area contributed by atoms with Crippen LogP contribution in [0, 0.1) is 0 Å². The first-order valence-electron chi connectivity index (χ1n) is 6.94. The predicted octanol–water partition coefficient (Wildman–Crippen LogP) is 3.14. The number of hydrogen-bond donors (Lipinski definition) is 0. The van der Waals surface area contributed by atoms with Gasteiger partial charge in [0.15, 0.2) is 5.13 Å². The van der Waals surface area contributed by atoms with Crippen molar-refractivity contribution in [3.8, 4) is 0 Å². The van der Waals surface area contributed by atoms with Gasteiger partial charge in [0.1, 0.15) is 4.83 Å². The van der Waals surface area contributed by atoms with E-state index in [4.69, 9.17) is 0 Å². The highest BCUT2D eigenvalue weighted by atomic mass is 32.1. The van der Waals surface area contributed by atoms with Gasteiger partial charge in [0, 0.05) is 18.4 Å². The summed E-state index contributed by atoms with van der Waals surface area (Å²) in [4.78, 5) is 23.6. The summed E-state index contributed by atoms with van der Waals surface area (Å²) in [5.41, 5.74) is 2.27. The molecule has 3 aromatic rings. The average Bonchev–Trinajstić information content (AvgIpc) is 2.54. The van der Waals surface area contributed by atoms with Crippen LogP contribution in [-0.2, 0) is 6.42 Å². The molecule has 0 bridgehead atoms. The Morgan fingerprint density at radius 3 is 3.00 bits per heavy atom. The van der Waals surface area contributed by atoms with Gasteiger partial charge in [-0.15, -0.1) is 0 Å². The smallest absolute Gasteiger partial charge is 0.282 e. The number of benzene rings is 1. The molecule has 4 nitrogen and oxygen atoms in total. The molecule has 0 fully saturated rings. The van der Waals surface area contributed by atoms with Crippen molar-refractivity contribution in [2.24, 2.45) is 0 Å². The topological polar surface area (TPSA) is 46.1 Å². The molecule has 104 valence electrons. The van der Waals surface area contributed by atoms with Gasteiger partial charge >= 0.3 is 0 Å². The maximum atomic E-state index is 12.2. The minimum absolute atomic E-state index is 0.199. The second-order valence-electron chi connectivity index (χ2n) is 5.04. The van der Waals surface area contributed by atoms with E-state index >= 15 is 0 Å². The number of nitrogens with zero attached hydrogens (tertiary/aromatic N) is 3. The summed E-state index contributed by atoms with van der Waals surface area (Å²) in [6.07, 6.45) is 3.86. The Hall–Kier alpha value is -2.27. The van der Waals surface area contributed by atoms with E-state index < -0.39 is 0 Å². The first kappa shape index (κ1) is 12.5. The van der Waals surface area contributed by atoms with Crippen LogP contribution in [0.15, 0.2) is 47.4 Å². The lowest BCUT2D eigenvalue weighted by Gasteiger charge is -2.29. The summed E-state index contributed by atoms with van der Waals surface area (Å²) in [5, 5.41) is 1.33. The van der Waals surface area contributed by atoms with Crippen molar-refractivity contribution in [2.75, 3.05) is 11.4 Å². The molecule has 2 aromatic heterocycles. The Bertz CT molecular complexity index is 875. The molecule has 0 spiro atoms. The Morgan fingerprint density at radius 2 is 2.05 bits per heavy atom. The van der Waals surface area contributed by atoms with E-state index in [9.17, 15) is 4.79 Å². The van der Waals surface area contributed by atoms with Gasteiger partial charge in [0.2, 0.25) is 0 Å². The monoisotopic (exact) mass is 295 g/mol. The third kappa shape index (κ3) is 2.10. The second kappa shape index (κ2) is 4.93. The number of anilines is 2. The third-order valence-electron chi connectivity index (χ3n) is 3.73. The van der Waals surface area contributed by atoms with Crippen molar-refractivity contribution < 1.29 is 0 Å². The molecule has 0 saturated carbocycles. The molecule has 1 aromatic carbocycles. The number of rotatable bonds is 1. The number of fused-ring (bicyclic) bond motifs is 2. The molecule has 0 aliphatic carbocycles. The van der Waals surface area contributed by atoms with Crippen molar-refractivity contribution >= 4 is 32.4 Å². The van der Waals surface area contributed by atoms with Gasteiger partial charge in [-0.25, -0.2) is 4.98 Å². The summed E-state index contributed by atoms with van der Waals surface area (Å²) in [7, 11) is 0. The molecule has 21 heavy (non-hydrogen) atoms. The van der Waals surface area contributed by atoms with Crippen molar-refractivity contribution in [3.63, 3.8) is 0 Å². The van der Waals surface area contributed by atoms with E-state index in [-0.39, 0.29) is 5.56 Å². The quantitative estimate of drug-likeness (QED) is 0.692. The van der Waals surface area contributed by atoms with Gasteiger partial charge in [0.05, 0.1) is 5.39 Å². The van der Waals surface area contributed by atoms with Gasteiger partial charge in [-0.1, -0.05) is 29.5 Å². The van der Waals surface area contributed by atoms with Gasteiger partial charge in [-0.2, -0.15) is 4.98 Å². The standard InChI is InChI=1S/C16H13N3OS/c20-14-12-7-3-9-17-15(12)21-16(18-14)19-10-4-6-11-5-1-2-8-13(11)19/h1-3,5,7-9H,4,6,10H2. The van der Waals surface area contributed by atoms with Crippen LogP contribution in [0.25, 0.3) is 10.2 Å². The number of pyridine rings is 1. The summed E-state index contributed by atoms with van der Waals surface area (Å²) in [6.45, 7) is 0.887. The van der Waals surface area contributed by atoms with Gasteiger partial charge in [-0.3, -0.25) is 4.79 Å². The highest BCUT2D eigenvalue weighted by molar-refractivity contribution is 7.21. The molecule has 0 saturated heterocycles. The zero-order chi connectivity index (χ0) is 14.2. The summed E-state index contributed by atoms with van der Waals surface area (Å²) in [6, 6.07) is 11.9.